The smallest absolute Gasteiger partial charge is 0.124 e. The Morgan fingerprint density at radius 3 is 2.80 bits per heavy atom. The van der Waals surface area contributed by atoms with Gasteiger partial charge in [-0.1, -0.05) is 25.1 Å². The van der Waals surface area contributed by atoms with Crippen LogP contribution in [0.2, 0.25) is 0 Å². The van der Waals surface area contributed by atoms with Gasteiger partial charge in [0, 0.05) is 35.6 Å². The zero-order valence-corrected chi connectivity index (χ0v) is 13.1. The van der Waals surface area contributed by atoms with Gasteiger partial charge in [-0.25, -0.2) is 4.98 Å². The molecule has 2 rings (SSSR count). The van der Waals surface area contributed by atoms with E-state index >= 15 is 0 Å². The maximum atomic E-state index is 5.69. The summed E-state index contributed by atoms with van der Waals surface area (Å²) in [6.45, 7) is 7.99. The normalized spacial score (nSPS) is 13.9. The molecule has 1 heterocycles. The van der Waals surface area contributed by atoms with E-state index in [1.165, 1.54) is 10.6 Å². The summed E-state index contributed by atoms with van der Waals surface area (Å²) in [5.41, 5.74) is 1.21. The van der Waals surface area contributed by atoms with Crippen LogP contribution in [-0.2, 0) is 0 Å². The van der Waals surface area contributed by atoms with Crippen molar-refractivity contribution in [2.75, 3.05) is 13.2 Å². The molecule has 0 saturated carbocycles. The number of hydrogen-bond acceptors (Lipinski definition) is 4. The van der Waals surface area contributed by atoms with Gasteiger partial charge in [0.1, 0.15) is 5.75 Å². The number of nitrogens with zero attached hydrogens (tertiary/aromatic N) is 1. The molecule has 2 unspecified atom stereocenters. The molecule has 0 amide bonds. The Hall–Kier alpha value is -1.39. The van der Waals surface area contributed by atoms with Gasteiger partial charge in [0.05, 0.1) is 11.6 Å². The molecule has 2 atom stereocenters. The highest BCUT2D eigenvalue weighted by Gasteiger charge is 2.13. The van der Waals surface area contributed by atoms with Crippen molar-refractivity contribution in [1.82, 2.24) is 10.3 Å². The number of ether oxygens (including phenoxy) is 1. The predicted octanol–water partition coefficient (Wildman–Crippen LogP) is 4.00. The van der Waals surface area contributed by atoms with Crippen LogP contribution >= 0.6 is 11.3 Å². The molecule has 0 bridgehead atoms. The molecule has 1 N–H and O–H groups in total. The number of rotatable bonds is 7. The van der Waals surface area contributed by atoms with E-state index < -0.39 is 0 Å². The van der Waals surface area contributed by atoms with E-state index in [4.69, 9.17) is 4.74 Å². The van der Waals surface area contributed by atoms with Crippen molar-refractivity contribution >= 4 is 11.3 Å². The third-order valence-electron chi connectivity index (χ3n) is 3.29. The first kappa shape index (κ1) is 15.0. The fraction of sp³-hybridized carbons (Fsp3) is 0.438. The zero-order valence-electron chi connectivity index (χ0n) is 12.3. The van der Waals surface area contributed by atoms with E-state index in [9.17, 15) is 0 Å². The minimum absolute atomic E-state index is 0.264. The number of thiazole rings is 1. The van der Waals surface area contributed by atoms with Crippen LogP contribution in [0.5, 0.6) is 5.75 Å². The van der Waals surface area contributed by atoms with Crippen LogP contribution < -0.4 is 10.1 Å². The first-order valence-electron chi connectivity index (χ1n) is 7.06. The van der Waals surface area contributed by atoms with Gasteiger partial charge in [-0.05, 0) is 19.9 Å². The van der Waals surface area contributed by atoms with Crippen molar-refractivity contribution in [2.45, 2.75) is 32.7 Å². The van der Waals surface area contributed by atoms with Gasteiger partial charge >= 0.3 is 0 Å². The van der Waals surface area contributed by atoms with Crippen molar-refractivity contribution in [3.63, 3.8) is 0 Å². The Labute approximate surface area is 125 Å². The molecule has 108 valence electrons. The molecule has 0 spiro atoms. The van der Waals surface area contributed by atoms with Crippen molar-refractivity contribution in [2.24, 2.45) is 0 Å². The lowest BCUT2D eigenvalue weighted by Gasteiger charge is -2.19. The lowest BCUT2D eigenvalue weighted by atomic mass is 10.1. The van der Waals surface area contributed by atoms with Crippen molar-refractivity contribution in [1.29, 1.82) is 0 Å². The number of aromatic nitrogens is 1. The highest BCUT2D eigenvalue weighted by Crippen LogP contribution is 2.25. The number of para-hydroxylation sites is 1. The molecule has 2 aromatic rings. The topological polar surface area (TPSA) is 34.1 Å². The van der Waals surface area contributed by atoms with E-state index in [1.807, 2.05) is 30.6 Å². The maximum Gasteiger partial charge on any atom is 0.124 e. The molecule has 3 nitrogen and oxygen atoms in total. The second kappa shape index (κ2) is 7.41. The van der Waals surface area contributed by atoms with Crippen LogP contribution in [0.15, 0.2) is 35.8 Å². The molecule has 4 heteroatoms. The Bertz CT molecular complexity index is 513. The highest BCUT2D eigenvalue weighted by atomic mass is 32.1. The number of hydrogen-bond donors (Lipinski definition) is 1. The molecule has 0 aliphatic heterocycles. The average molecular weight is 290 g/mol. The molecular weight excluding hydrogens is 268 g/mol. The molecule has 0 aliphatic rings. The van der Waals surface area contributed by atoms with E-state index in [1.54, 1.807) is 11.3 Å². The van der Waals surface area contributed by atoms with Gasteiger partial charge in [0.2, 0.25) is 0 Å². The summed E-state index contributed by atoms with van der Waals surface area (Å²) in [5, 5.41) is 6.78. The first-order valence-corrected chi connectivity index (χ1v) is 7.94. The van der Waals surface area contributed by atoms with Crippen molar-refractivity contribution < 1.29 is 4.74 Å². The van der Waals surface area contributed by atoms with Crippen LogP contribution in [0.1, 0.15) is 43.3 Å². The summed E-state index contributed by atoms with van der Waals surface area (Å²) in [5.74, 6) is 1.40. The van der Waals surface area contributed by atoms with Crippen LogP contribution in [0.3, 0.4) is 0 Å². The summed E-state index contributed by atoms with van der Waals surface area (Å²) in [4.78, 5) is 4.37. The second-order valence-corrected chi connectivity index (χ2v) is 5.80. The summed E-state index contributed by atoms with van der Waals surface area (Å²) >= 11 is 1.71. The maximum absolute atomic E-state index is 5.69. The molecular formula is C16H22N2OS. The SMILES string of the molecule is CCOc1ccccc1C(C)NCC(C)c1nccs1. The van der Waals surface area contributed by atoms with Gasteiger partial charge in [-0.2, -0.15) is 0 Å². The van der Waals surface area contributed by atoms with Crippen molar-refractivity contribution in [3.8, 4) is 5.75 Å². The molecule has 0 aliphatic carbocycles. The van der Waals surface area contributed by atoms with Gasteiger partial charge in [-0.3, -0.25) is 0 Å². The predicted molar refractivity (Wildman–Crippen MR) is 84.6 cm³/mol. The molecule has 1 aromatic carbocycles. The standard InChI is InChI=1S/C16H22N2OS/c1-4-19-15-8-6-5-7-14(15)13(3)18-11-12(2)16-17-9-10-20-16/h5-10,12-13,18H,4,11H2,1-3H3. The zero-order chi connectivity index (χ0) is 14.4. The highest BCUT2D eigenvalue weighted by molar-refractivity contribution is 7.09. The fourth-order valence-corrected chi connectivity index (χ4v) is 2.85. The summed E-state index contributed by atoms with van der Waals surface area (Å²) < 4.78 is 5.69. The second-order valence-electron chi connectivity index (χ2n) is 4.87. The molecule has 1 aromatic heterocycles. The van der Waals surface area contributed by atoms with E-state index in [0.29, 0.717) is 12.5 Å². The van der Waals surface area contributed by atoms with Crippen LogP contribution in [-0.4, -0.2) is 18.1 Å². The first-order chi connectivity index (χ1) is 9.72. The van der Waals surface area contributed by atoms with E-state index in [2.05, 4.69) is 36.3 Å². The van der Waals surface area contributed by atoms with E-state index in [-0.39, 0.29) is 6.04 Å². The largest absolute Gasteiger partial charge is 0.494 e. The van der Waals surface area contributed by atoms with Gasteiger partial charge < -0.3 is 10.1 Å². The summed E-state index contributed by atoms with van der Waals surface area (Å²) in [6.07, 6.45) is 1.87. The number of nitrogens with one attached hydrogen (secondary N) is 1. The third kappa shape index (κ3) is 3.81. The Morgan fingerprint density at radius 1 is 1.30 bits per heavy atom. The molecule has 20 heavy (non-hydrogen) atoms. The minimum atomic E-state index is 0.264. The van der Waals surface area contributed by atoms with Crippen LogP contribution in [0, 0.1) is 0 Å². The number of benzene rings is 1. The minimum Gasteiger partial charge on any atom is -0.494 e. The quantitative estimate of drug-likeness (QED) is 0.837. The van der Waals surface area contributed by atoms with Crippen LogP contribution in [0.25, 0.3) is 0 Å². The fourth-order valence-electron chi connectivity index (χ4n) is 2.15. The average Bonchev–Trinajstić information content (AvgIpc) is 2.99. The Morgan fingerprint density at radius 2 is 2.10 bits per heavy atom. The molecule has 0 saturated heterocycles. The van der Waals surface area contributed by atoms with Crippen LogP contribution in [0.4, 0.5) is 0 Å². The van der Waals surface area contributed by atoms with E-state index in [0.717, 1.165) is 12.3 Å². The Kier molecular flexibility index (Phi) is 5.56. The van der Waals surface area contributed by atoms with Gasteiger partial charge in [-0.15, -0.1) is 11.3 Å². The Balaban J connectivity index is 1.96. The lowest BCUT2D eigenvalue weighted by Crippen LogP contribution is -2.24. The summed E-state index contributed by atoms with van der Waals surface area (Å²) in [6, 6.07) is 8.48. The lowest BCUT2D eigenvalue weighted by molar-refractivity contribution is 0.332. The summed E-state index contributed by atoms with van der Waals surface area (Å²) in [7, 11) is 0. The van der Waals surface area contributed by atoms with Crippen molar-refractivity contribution in [3.05, 3.63) is 46.4 Å². The third-order valence-corrected chi connectivity index (χ3v) is 4.30. The molecule has 0 fully saturated rings. The van der Waals surface area contributed by atoms with Gasteiger partial charge in [0.15, 0.2) is 0 Å². The monoisotopic (exact) mass is 290 g/mol. The van der Waals surface area contributed by atoms with Gasteiger partial charge in [0.25, 0.3) is 0 Å². The molecule has 0 radical (unpaired) electrons.